The summed E-state index contributed by atoms with van der Waals surface area (Å²) in [4.78, 5) is 21.6. The van der Waals surface area contributed by atoms with Crippen LogP contribution in [-0.4, -0.2) is 39.4 Å². The van der Waals surface area contributed by atoms with E-state index in [4.69, 9.17) is 14.8 Å². The molecular formula is C24H25N3O4S. The number of hydrogen-bond donors (Lipinski definition) is 2. The van der Waals surface area contributed by atoms with Crippen molar-refractivity contribution in [2.75, 3.05) is 6.26 Å². The predicted molar refractivity (Wildman–Crippen MR) is 125 cm³/mol. The van der Waals surface area contributed by atoms with Crippen LogP contribution in [0.1, 0.15) is 29.7 Å². The van der Waals surface area contributed by atoms with Crippen molar-refractivity contribution in [2.45, 2.75) is 37.7 Å². The number of thioether (sulfide) groups is 1. The fourth-order valence-corrected chi connectivity index (χ4v) is 4.55. The van der Waals surface area contributed by atoms with E-state index in [9.17, 15) is 4.79 Å². The smallest absolute Gasteiger partial charge is 0.244 e. The molecule has 0 spiro atoms. The molecule has 4 rings (SSSR count). The van der Waals surface area contributed by atoms with Crippen LogP contribution in [-0.2, 0) is 16.2 Å². The van der Waals surface area contributed by atoms with Gasteiger partial charge in [-0.05, 0) is 55.1 Å². The molecule has 0 saturated carbocycles. The van der Waals surface area contributed by atoms with Crippen molar-refractivity contribution in [2.24, 2.45) is 5.16 Å². The molecule has 1 aliphatic rings. The van der Waals surface area contributed by atoms with E-state index in [1.807, 2.05) is 55.6 Å². The molecule has 32 heavy (non-hydrogen) atoms. The van der Waals surface area contributed by atoms with Crippen molar-refractivity contribution in [3.63, 3.8) is 0 Å². The van der Waals surface area contributed by atoms with Crippen molar-refractivity contribution < 1.29 is 19.6 Å². The first-order chi connectivity index (χ1) is 15.6. The summed E-state index contributed by atoms with van der Waals surface area (Å²) in [6.07, 6.45) is 2.47. The van der Waals surface area contributed by atoms with E-state index in [-0.39, 0.29) is 17.8 Å². The molecule has 2 heterocycles. The number of ether oxygens (including phenoxy) is 1. The molecule has 2 atom stereocenters. The van der Waals surface area contributed by atoms with Crippen molar-refractivity contribution in [3.05, 3.63) is 71.4 Å². The van der Waals surface area contributed by atoms with Gasteiger partial charge in [0.05, 0.1) is 16.5 Å². The molecule has 0 aliphatic carbocycles. The molecular weight excluding hydrogens is 426 g/mol. The monoisotopic (exact) mass is 451 g/mol. The number of carbonyl (C=O) groups is 1. The van der Waals surface area contributed by atoms with E-state index in [0.717, 1.165) is 39.2 Å². The summed E-state index contributed by atoms with van der Waals surface area (Å²) in [7, 11) is 0. The van der Waals surface area contributed by atoms with Gasteiger partial charge in [0.15, 0.2) is 0 Å². The molecule has 1 aromatic heterocycles. The van der Waals surface area contributed by atoms with Gasteiger partial charge in [0, 0.05) is 29.5 Å². The van der Waals surface area contributed by atoms with Crippen LogP contribution < -0.4 is 10.2 Å². The molecule has 2 N–H and O–H groups in total. The fourth-order valence-electron chi connectivity index (χ4n) is 3.78. The number of benzene rings is 2. The number of amides is 1. The SMILES string of the molecule is CSC(CC(=O)NO)C1CC(c2ccc(OCc3cc(C)nc4ccccc34)cc2)=NO1. The third-order valence-corrected chi connectivity index (χ3v) is 6.51. The zero-order valence-corrected chi connectivity index (χ0v) is 18.8. The largest absolute Gasteiger partial charge is 0.489 e. The lowest BCUT2D eigenvalue weighted by atomic mass is 10.0. The second-order valence-electron chi connectivity index (χ2n) is 7.65. The van der Waals surface area contributed by atoms with Crippen molar-refractivity contribution in [3.8, 4) is 5.75 Å². The quantitative estimate of drug-likeness (QED) is 0.393. The molecule has 0 fully saturated rings. The minimum atomic E-state index is -0.430. The zero-order valence-electron chi connectivity index (χ0n) is 17.9. The lowest BCUT2D eigenvalue weighted by molar-refractivity contribution is -0.129. The second-order valence-corrected chi connectivity index (χ2v) is 8.73. The maximum Gasteiger partial charge on any atom is 0.244 e. The van der Waals surface area contributed by atoms with Gasteiger partial charge in [0.25, 0.3) is 0 Å². The summed E-state index contributed by atoms with van der Waals surface area (Å²) in [6.45, 7) is 2.44. The molecule has 0 bridgehead atoms. The summed E-state index contributed by atoms with van der Waals surface area (Å²) in [6, 6.07) is 17.9. The highest BCUT2D eigenvalue weighted by Gasteiger charge is 2.31. The molecule has 2 unspecified atom stereocenters. The second kappa shape index (κ2) is 10.0. The molecule has 7 nitrogen and oxygen atoms in total. The number of hydroxylamine groups is 1. The van der Waals surface area contributed by atoms with Crippen LogP contribution in [0, 0.1) is 6.92 Å². The van der Waals surface area contributed by atoms with Crippen LogP contribution >= 0.6 is 11.8 Å². The topological polar surface area (TPSA) is 93.0 Å². The Morgan fingerprint density at radius 2 is 2.06 bits per heavy atom. The summed E-state index contributed by atoms with van der Waals surface area (Å²) >= 11 is 1.52. The number of aryl methyl sites for hydroxylation is 1. The number of fused-ring (bicyclic) bond motifs is 1. The van der Waals surface area contributed by atoms with Crippen LogP contribution in [0.4, 0.5) is 0 Å². The van der Waals surface area contributed by atoms with Gasteiger partial charge in [0.2, 0.25) is 5.91 Å². The minimum absolute atomic E-state index is 0.0929. The normalized spacial score (nSPS) is 16.3. The molecule has 0 saturated heterocycles. The molecule has 166 valence electrons. The molecule has 2 aromatic carbocycles. The summed E-state index contributed by atoms with van der Waals surface area (Å²) in [5.74, 6) is 0.338. The molecule has 3 aromatic rings. The number of carbonyl (C=O) groups excluding carboxylic acids is 1. The number of para-hydroxylation sites is 1. The van der Waals surface area contributed by atoms with E-state index in [1.54, 1.807) is 5.48 Å². The Kier molecular flexibility index (Phi) is 6.92. The van der Waals surface area contributed by atoms with Crippen LogP contribution in [0.25, 0.3) is 10.9 Å². The number of oxime groups is 1. The number of rotatable bonds is 8. The first kappa shape index (κ1) is 22.1. The van der Waals surface area contributed by atoms with Gasteiger partial charge in [-0.25, -0.2) is 5.48 Å². The van der Waals surface area contributed by atoms with E-state index < -0.39 is 5.91 Å². The highest BCUT2D eigenvalue weighted by atomic mass is 32.2. The highest BCUT2D eigenvalue weighted by Crippen LogP contribution is 2.28. The third kappa shape index (κ3) is 5.03. The number of pyridine rings is 1. The van der Waals surface area contributed by atoms with Gasteiger partial charge in [-0.15, -0.1) is 0 Å². The first-order valence-corrected chi connectivity index (χ1v) is 11.6. The maximum atomic E-state index is 11.5. The van der Waals surface area contributed by atoms with Crippen LogP contribution in [0.15, 0.2) is 59.8 Å². The Bertz CT molecular complexity index is 1130. The number of nitrogens with one attached hydrogen (secondary N) is 1. The fraction of sp³-hybridized carbons (Fsp3) is 0.292. The molecule has 1 aliphatic heterocycles. The van der Waals surface area contributed by atoms with E-state index in [1.165, 1.54) is 11.8 Å². The van der Waals surface area contributed by atoms with Crippen LogP contribution in [0.5, 0.6) is 5.75 Å². The number of hydrogen-bond acceptors (Lipinski definition) is 7. The first-order valence-electron chi connectivity index (χ1n) is 10.3. The van der Waals surface area contributed by atoms with Gasteiger partial charge >= 0.3 is 0 Å². The Labute approximate surface area is 190 Å². The summed E-state index contributed by atoms with van der Waals surface area (Å²) < 4.78 is 6.04. The standard InChI is InChI=1S/C24H25N3O4S/c1-15-11-17(19-5-3-4-6-20(19)25-15)14-30-18-9-7-16(8-10-18)21-12-22(31-27-21)23(32-2)13-24(28)26-29/h3-11,22-23,29H,12-14H2,1-2H3,(H,26,28). The Hall–Kier alpha value is -3.10. The van der Waals surface area contributed by atoms with Crippen molar-refractivity contribution in [1.82, 2.24) is 10.5 Å². The van der Waals surface area contributed by atoms with Crippen LogP contribution in [0.2, 0.25) is 0 Å². The predicted octanol–water partition coefficient (Wildman–Crippen LogP) is 4.24. The Morgan fingerprint density at radius 3 is 2.81 bits per heavy atom. The zero-order chi connectivity index (χ0) is 22.5. The Morgan fingerprint density at radius 1 is 1.28 bits per heavy atom. The molecule has 8 heteroatoms. The Balaban J connectivity index is 1.39. The lowest BCUT2D eigenvalue weighted by Crippen LogP contribution is -2.30. The van der Waals surface area contributed by atoms with Crippen LogP contribution in [0.3, 0.4) is 0 Å². The average Bonchev–Trinajstić information content (AvgIpc) is 3.31. The number of nitrogens with zero attached hydrogens (tertiary/aromatic N) is 2. The van der Waals surface area contributed by atoms with Gasteiger partial charge in [0.1, 0.15) is 18.5 Å². The molecule has 0 radical (unpaired) electrons. The van der Waals surface area contributed by atoms with Gasteiger partial charge in [-0.3, -0.25) is 15.0 Å². The van der Waals surface area contributed by atoms with Gasteiger partial charge in [-0.1, -0.05) is 23.4 Å². The van der Waals surface area contributed by atoms with E-state index in [0.29, 0.717) is 13.0 Å². The summed E-state index contributed by atoms with van der Waals surface area (Å²) in [5.41, 5.74) is 6.50. The highest BCUT2D eigenvalue weighted by molar-refractivity contribution is 7.99. The third-order valence-electron chi connectivity index (χ3n) is 5.43. The average molecular weight is 452 g/mol. The van der Waals surface area contributed by atoms with Crippen molar-refractivity contribution >= 4 is 34.3 Å². The van der Waals surface area contributed by atoms with Gasteiger partial charge < -0.3 is 9.57 Å². The number of aromatic nitrogens is 1. The van der Waals surface area contributed by atoms with E-state index in [2.05, 4.69) is 22.3 Å². The lowest BCUT2D eigenvalue weighted by Gasteiger charge is -2.18. The molecule has 1 amide bonds. The maximum absolute atomic E-state index is 11.5. The van der Waals surface area contributed by atoms with Gasteiger partial charge in [-0.2, -0.15) is 11.8 Å². The van der Waals surface area contributed by atoms with E-state index >= 15 is 0 Å². The minimum Gasteiger partial charge on any atom is -0.489 e. The summed E-state index contributed by atoms with van der Waals surface area (Å²) in [5, 5.41) is 14.0. The van der Waals surface area contributed by atoms with Crippen molar-refractivity contribution in [1.29, 1.82) is 0 Å².